The number of ether oxygens (including phenoxy) is 6. The van der Waals surface area contributed by atoms with Crippen LogP contribution >= 0.6 is 11.6 Å². The predicted octanol–water partition coefficient (Wildman–Crippen LogP) is 8.51. The van der Waals surface area contributed by atoms with Crippen molar-refractivity contribution in [2.24, 2.45) is 0 Å². The van der Waals surface area contributed by atoms with Gasteiger partial charge in [-0.2, -0.15) is 0 Å². The summed E-state index contributed by atoms with van der Waals surface area (Å²) >= 11 is 6.61. The molecular weight excluding hydrogens is 580 g/mol. The van der Waals surface area contributed by atoms with Gasteiger partial charge in [-0.1, -0.05) is 89.2 Å². The molecule has 0 unspecified atom stereocenters. The molecule has 5 atom stereocenters. The molecule has 2 aromatic rings. The molecule has 1 aliphatic rings. The molecule has 0 N–H and O–H groups in total. The fraction of sp³-hybridized carbons (Fsp3) is 0.639. The van der Waals surface area contributed by atoms with E-state index in [1.165, 1.54) is 0 Å². The molecule has 0 aliphatic carbocycles. The normalized spacial score (nSPS) is 21.8. The highest BCUT2D eigenvalue weighted by Gasteiger charge is 2.48. The van der Waals surface area contributed by atoms with E-state index in [1.807, 2.05) is 36.4 Å². The molecule has 0 spiro atoms. The summed E-state index contributed by atoms with van der Waals surface area (Å²) in [5.74, 6) is -0.400. The third-order valence-corrected chi connectivity index (χ3v) is 8.12. The second kappa shape index (κ2) is 20.9. The van der Waals surface area contributed by atoms with Gasteiger partial charge in [-0.25, -0.2) is 4.79 Å². The standard InChI is InChI=1S/C36H53ClO7/c1-5-9-20-39-26-31-33(40-21-10-6-2)35(42-23-12-8-4)34(41-22-11-7-3)32(44-31)28-18-19-30(37)29(24-28)25-43-36(38)27-16-14-13-15-17-27/h13-19,24,31-35H,5-12,20-23,25-26H2,1-4H3/t31-,32+,33-,34+,35+/m1/s1. The third-order valence-electron chi connectivity index (χ3n) is 7.75. The van der Waals surface area contributed by atoms with Crippen LogP contribution < -0.4 is 0 Å². The van der Waals surface area contributed by atoms with Gasteiger partial charge in [-0.3, -0.25) is 0 Å². The minimum Gasteiger partial charge on any atom is -0.457 e. The SMILES string of the molecule is CCCCOC[C@H]1O[C@@H](c2ccc(Cl)c(COC(=O)c3ccccc3)c2)[C@H](OCCCC)[C@@H](OCCCC)[C@@H]1OCCCC. The van der Waals surface area contributed by atoms with Crippen molar-refractivity contribution in [2.75, 3.05) is 33.0 Å². The first-order valence-corrected chi connectivity index (χ1v) is 17.0. The summed E-state index contributed by atoms with van der Waals surface area (Å²) in [5.41, 5.74) is 2.08. The van der Waals surface area contributed by atoms with E-state index in [4.69, 9.17) is 40.0 Å². The van der Waals surface area contributed by atoms with E-state index in [0.717, 1.165) is 56.9 Å². The van der Waals surface area contributed by atoms with Gasteiger partial charge in [-0.15, -0.1) is 0 Å². The molecule has 1 saturated heterocycles. The summed E-state index contributed by atoms with van der Waals surface area (Å²) in [6, 6.07) is 14.7. The number of esters is 1. The van der Waals surface area contributed by atoms with Crippen LogP contribution in [-0.4, -0.2) is 63.4 Å². The number of unbranched alkanes of at least 4 members (excludes halogenated alkanes) is 4. The van der Waals surface area contributed by atoms with Crippen molar-refractivity contribution in [3.05, 3.63) is 70.2 Å². The Hall–Kier alpha value is -2.00. The maximum Gasteiger partial charge on any atom is 0.338 e. The molecular formula is C36H53ClO7. The first-order valence-electron chi connectivity index (χ1n) is 16.6. The number of benzene rings is 2. The number of carbonyl (C=O) groups is 1. The van der Waals surface area contributed by atoms with E-state index in [9.17, 15) is 4.79 Å². The molecule has 246 valence electrons. The van der Waals surface area contributed by atoms with E-state index >= 15 is 0 Å². The maximum absolute atomic E-state index is 12.7. The van der Waals surface area contributed by atoms with Crippen LogP contribution in [0.15, 0.2) is 48.5 Å². The van der Waals surface area contributed by atoms with Crippen molar-refractivity contribution in [3.8, 4) is 0 Å². The Kier molecular flexibility index (Phi) is 17.3. The molecule has 1 fully saturated rings. The summed E-state index contributed by atoms with van der Waals surface area (Å²) in [5, 5.41) is 0.518. The second-order valence-corrected chi connectivity index (χ2v) is 11.8. The topological polar surface area (TPSA) is 72.5 Å². The fourth-order valence-corrected chi connectivity index (χ4v) is 5.28. The lowest BCUT2D eigenvalue weighted by molar-refractivity contribution is -0.268. The molecule has 0 aromatic heterocycles. The van der Waals surface area contributed by atoms with Gasteiger partial charge in [0.05, 0.1) is 12.2 Å². The molecule has 0 amide bonds. The van der Waals surface area contributed by atoms with Crippen LogP contribution in [-0.2, 0) is 35.0 Å². The Bertz CT molecular complexity index is 1070. The Balaban J connectivity index is 1.93. The van der Waals surface area contributed by atoms with Crippen LogP contribution in [0.25, 0.3) is 0 Å². The number of hydrogen-bond acceptors (Lipinski definition) is 7. The summed E-state index contributed by atoms with van der Waals surface area (Å²) in [6.07, 6.45) is 6.07. The number of carbonyl (C=O) groups excluding carboxylic acids is 1. The van der Waals surface area contributed by atoms with Gasteiger partial charge in [0, 0.05) is 37.0 Å². The quantitative estimate of drug-likeness (QED) is 0.101. The van der Waals surface area contributed by atoms with Crippen LogP contribution in [0.1, 0.15) is 107 Å². The monoisotopic (exact) mass is 632 g/mol. The molecule has 7 nitrogen and oxygen atoms in total. The zero-order valence-corrected chi connectivity index (χ0v) is 27.9. The van der Waals surface area contributed by atoms with E-state index in [-0.39, 0.29) is 24.9 Å². The third kappa shape index (κ3) is 11.4. The van der Waals surface area contributed by atoms with Crippen molar-refractivity contribution < 1.29 is 33.2 Å². The molecule has 0 radical (unpaired) electrons. The number of rotatable bonds is 21. The lowest BCUT2D eigenvalue weighted by atomic mass is 9.89. The highest BCUT2D eigenvalue weighted by Crippen LogP contribution is 2.39. The first kappa shape index (κ1) is 36.5. The second-order valence-electron chi connectivity index (χ2n) is 11.4. The van der Waals surface area contributed by atoms with Crippen LogP contribution in [0.4, 0.5) is 0 Å². The molecule has 0 saturated carbocycles. The summed E-state index contributed by atoms with van der Waals surface area (Å²) < 4.78 is 38.3. The van der Waals surface area contributed by atoms with Crippen molar-refractivity contribution in [2.45, 2.75) is 116 Å². The largest absolute Gasteiger partial charge is 0.457 e. The van der Waals surface area contributed by atoms with Gasteiger partial charge in [0.1, 0.15) is 37.1 Å². The average molecular weight is 633 g/mol. The molecule has 1 aliphatic heterocycles. The maximum atomic E-state index is 12.7. The molecule has 44 heavy (non-hydrogen) atoms. The summed E-state index contributed by atoms with van der Waals surface area (Å²) in [7, 11) is 0. The van der Waals surface area contributed by atoms with Crippen LogP contribution in [0.5, 0.6) is 0 Å². The summed E-state index contributed by atoms with van der Waals surface area (Å²) in [6.45, 7) is 11.5. The Labute approximate surface area is 269 Å². The smallest absolute Gasteiger partial charge is 0.338 e. The minimum atomic E-state index is -0.454. The zero-order chi connectivity index (χ0) is 31.6. The van der Waals surface area contributed by atoms with Gasteiger partial charge in [0.25, 0.3) is 0 Å². The minimum absolute atomic E-state index is 0.0389. The van der Waals surface area contributed by atoms with Crippen molar-refractivity contribution in [1.82, 2.24) is 0 Å². The molecule has 8 heteroatoms. The van der Waals surface area contributed by atoms with E-state index < -0.39 is 18.2 Å². The van der Waals surface area contributed by atoms with Crippen molar-refractivity contribution in [1.29, 1.82) is 0 Å². The van der Waals surface area contributed by atoms with Crippen LogP contribution in [0, 0.1) is 0 Å². The lowest BCUT2D eigenvalue weighted by Crippen LogP contribution is -2.58. The Morgan fingerprint density at radius 3 is 1.98 bits per heavy atom. The molecule has 1 heterocycles. The predicted molar refractivity (Wildman–Crippen MR) is 174 cm³/mol. The number of halogens is 1. The number of hydrogen-bond donors (Lipinski definition) is 0. The first-order chi connectivity index (χ1) is 21.5. The van der Waals surface area contributed by atoms with E-state index in [1.54, 1.807) is 12.1 Å². The van der Waals surface area contributed by atoms with E-state index in [2.05, 4.69) is 27.7 Å². The van der Waals surface area contributed by atoms with Gasteiger partial charge in [0.2, 0.25) is 0 Å². The average Bonchev–Trinajstić information content (AvgIpc) is 3.04. The van der Waals surface area contributed by atoms with Crippen molar-refractivity contribution in [3.63, 3.8) is 0 Å². The highest BCUT2D eigenvalue weighted by atomic mass is 35.5. The van der Waals surface area contributed by atoms with Crippen LogP contribution in [0.3, 0.4) is 0 Å². The Morgan fingerprint density at radius 2 is 1.34 bits per heavy atom. The highest BCUT2D eigenvalue weighted by molar-refractivity contribution is 6.31. The zero-order valence-electron chi connectivity index (χ0n) is 27.1. The van der Waals surface area contributed by atoms with Gasteiger partial charge < -0.3 is 28.4 Å². The van der Waals surface area contributed by atoms with Gasteiger partial charge in [-0.05, 0) is 55.5 Å². The molecule has 3 rings (SSSR count). The molecule has 2 aromatic carbocycles. The Morgan fingerprint density at radius 1 is 0.750 bits per heavy atom. The lowest BCUT2D eigenvalue weighted by Gasteiger charge is -2.46. The molecule has 0 bridgehead atoms. The van der Waals surface area contributed by atoms with Crippen molar-refractivity contribution >= 4 is 17.6 Å². The van der Waals surface area contributed by atoms with E-state index in [0.29, 0.717) is 49.2 Å². The van der Waals surface area contributed by atoms with Gasteiger partial charge in [0.15, 0.2) is 0 Å². The van der Waals surface area contributed by atoms with Crippen LogP contribution in [0.2, 0.25) is 5.02 Å². The summed E-state index contributed by atoms with van der Waals surface area (Å²) in [4.78, 5) is 12.7. The fourth-order valence-electron chi connectivity index (χ4n) is 5.11. The van der Waals surface area contributed by atoms with Gasteiger partial charge >= 0.3 is 5.97 Å².